The lowest BCUT2D eigenvalue weighted by molar-refractivity contribution is 0.971. The first-order chi connectivity index (χ1) is 6.79. The molecule has 0 N–H and O–H groups in total. The van der Waals surface area contributed by atoms with Gasteiger partial charge in [0, 0.05) is 11.1 Å². The summed E-state index contributed by atoms with van der Waals surface area (Å²) in [6, 6.07) is 0. The van der Waals surface area contributed by atoms with E-state index in [2.05, 4.69) is 35.3 Å². The Kier molecular flexibility index (Phi) is 4.05. The molecule has 2 nitrogen and oxygen atoms in total. The van der Waals surface area contributed by atoms with Gasteiger partial charge in [0.05, 0.1) is 11.9 Å². The number of nitrogens with zero attached hydrogens (tertiary/aromatic N) is 2. The van der Waals surface area contributed by atoms with Gasteiger partial charge >= 0.3 is 0 Å². The first kappa shape index (κ1) is 10.6. The van der Waals surface area contributed by atoms with Crippen molar-refractivity contribution in [1.82, 2.24) is 10.2 Å². The maximum atomic E-state index is 4.03. The molecule has 0 saturated carbocycles. The number of aryl methyl sites for hydroxylation is 1. The minimum atomic E-state index is 0.973. The van der Waals surface area contributed by atoms with Gasteiger partial charge in [-0.1, -0.05) is 31.2 Å². The van der Waals surface area contributed by atoms with E-state index in [1.807, 2.05) is 19.9 Å². The SMILES string of the molecule is C/C=C\c1c(/C=C\CC)cnnc1C. The Bertz CT molecular complexity index is 351. The van der Waals surface area contributed by atoms with E-state index in [9.17, 15) is 0 Å². The summed E-state index contributed by atoms with van der Waals surface area (Å²) in [5, 5.41) is 7.98. The third kappa shape index (κ3) is 2.52. The molecule has 1 aromatic rings. The summed E-state index contributed by atoms with van der Waals surface area (Å²) in [5.41, 5.74) is 3.27. The van der Waals surface area contributed by atoms with Gasteiger partial charge in [-0.25, -0.2) is 0 Å². The minimum absolute atomic E-state index is 0.973. The van der Waals surface area contributed by atoms with E-state index in [1.54, 1.807) is 6.20 Å². The van der Waals surface area contributed by atoms with Crippen LogP contribution in [0.1, 0.15) is 37.1 Å². The van der Waals surface area contributed by atoms with Crippen LogP contribution in [0.4, 0.5) is 0 Å². The molecule has 74 valence electrons. The molecule has 0 aliphatic rings. The Labute approximate surface area is 85.4 Å². The highest BCUT2D eigenvalue weighted by Crippen LogP contribution is 2.14. The Morgan fingerprint density at radius 1 is 1.36 bits per heavy atom. The second kappa shape index (κ2) is 5.32. The van der Waals surface area contributed by atoms with Crippen LogP contribution in [0.15, 0.2) is 18.3 Å². The van der Waals surface area contributed by atoms with Gasteiger partial charge in [-0.2, -0.15) is 10.2 Å². The predicted molar refractivity (Wildman–Crippen MR) is 60.8 cm³/mol. The second-order valence-corrected chi connectivity index (χ2v) is 3.11. The molecule has 0 fully saturated rings. The number of hydrogen-bond acceptors (Lipinski definition) is 2. The Morgan fingerprint density at radius 3 is 2.79 bits per heavy atom. The number of aromatic nitrogens is 2. The highest BCUT2D eigenvalue weighted by atomic mass is 15.1. The van der Waals surface area contributed by atoms with Gasteiger partial charge in [-0.3, -0.25) is 0 Å². The van der Waals surface area contributed by atoms with Crippen molar-refractivity contribution in [3.8, 4) is 0 Å². The molecule has 0 bridgehead atoms. The standard InChI is InChI=1S/C12H16N2/c1-4-6-8-11-9-13-14-10(3)12(11)7-5-2/h5-9H,4H2,1-3H3/b7-5-,8-6-. The van der Waals surface area contributed by atoms with Crippen LogP contribution in [0.25, 0.3) is 12.2 Å². The van der Waals surface area contributed by atoms with Crippen molar-refractivity contribution in [2.75, 3.05) is 0 Å². The molecular formula is C12H16N2. The summed E-state index contributed by atoms with van der Waals surface area (Å²) in [7, 11) is 0. The van der Waals surface area contributed by atoms with Crippen LogP contribution >= 0.6 is 0 Å². The molecule has 0 aliphatic heterocycles. The molecule has 0 spiro atoms. The monoisotopic (exact) mass is 188 g/mol. The van der Waals surface area contributed by atoms with Crippen molar-refractivity contribution in [3.05, 3.63) is 35.2 Å². The fourth-order valence-electron chi connectivity index (χ4n) is 1.27. The molecule has 2 heteroatoms. The third-order valence-electron chi connectivity index (χ3n) is 1.97. The van der Waals surface area contributed by atoms with Crippen LogP contribution in [0.2, 0.25) is 0 Å². The lowest BCUT2D eigenvalue weighted by Crippen LogP contribution is -1.93. The van der Waals surface area contributed by atoms with E-state index in [0.717, 1.165) is 23.2 Å². The zero-order valence-electron chi connectivity index (χ0n) is 8.99. The van der Waals surface area contributed by atoms with E-state index in [1.165, 1.54) is 0 Å². The van der Waals surface area contributed by atoms with Crippen LogP contribution in [-0.2, 0) is 0 Å². The smallest absolute Gasteiger partial charge is 0.0678 e. The first-order valence-electron chi connectivity index (χ1n) is 4.91. The fourth-order valence-corrected chi connectivity index (χ4v) is 1.27. The zero-order chi connectivity index (χ0) is 10.4. The van der Waals surface area contributed by atoms with Gasteiger partial charge in [0.2, 0.25) is 0 Å². The maximum Gasteiger partial charge on any atom is 0.0678 e. The van der Waals surface area contributed by atoms with Crippen molar-refractivity contribution in [2.24, 2.45) is 0 Å². The topological polar surface area (TPSA) is 25.8 Å². The van der Waals surface area contributed by atoms with Crippen molar-refractivity contribution < 1.29 is 0 Å². The van der Waals surface area contributed by atoms with Gasteiger partial charge in [-0.05, 0) is 20.3 Å². The molecule has 0 aliphatic carbocycles. The summed E-state index contributed by atoms with van der Waals surface area (Å²) < 4.78 is 0. The largest absolute Gasteiger partial charge is 0.158 e. The van der Waals surface area contributed by atoms with Crippen LogP contribution in [0.3, 0.4) is 0 Å². The minimum Gasteiger partial charge on any atom is -0.158 e. The molecule has 0 unspecified atom stereocenters. The zero-order valence-corrected chi connectivity index (χ0v) is 8.99. The summed E-state index contributed by atoms with van der Waals surface area (Å²) in [5.74, 6) is 0. The van der Waals surface area contributed by atoms with Crippen LogP contribution in [0.5, 0.6) is 0 Å². The second-order valence-electron chi connectivity index (χ2n) is 3.11. The third-order valence-corrected chi connectivity index (χ3v) is 1.97. The van der Waals surface area contributed by atoms with Crippen LogP contribution in [-0.4, -0.2) is 10.2 Å². The summed E-state index contributed by atoms with van der Waals surface area (Å²) in [4.78, 5) is 0. The van der Waals surface area contributed by atoms with Gasteiger partial charge in [0.1, 0.15) is 0 Å². The van der Waals surface area contributed by atoms with E-state index in [-0.39, 0.29) is 0 Å². The van der Waals surface area contributed by atoms with Crippen LogP contribution < -0.4 is 0 Å². The quantitative estimate of drug-likeness (QED) is 0.727. The summed E-state index contributed by atoms with van der Waals surface area (Å²) in [6.45, 7) is 6.10. The van der Waals surface area contributed by atoms with Crippen molar-refractivity contribution in [2.45, 2.75) is 27.2 Å². The molecule has 0 radical (unpaired) electrons. The fraction of sp³-hybridized carbons (Fsp3) is 0.333. The number of rotatable bonds is 3. The average Bonchev–Trinajstić information content (AvgIpc) is 2.19. The van der Waals surface area contributed by atoms with Gasteiger partial charge in [-0.15, -0.1) is 0 Å². The highest BCUT2D eigenvalue weighted by Gasteiger charge is 2.00. The number of allylic oxidation sites excluding steroid dienone is 2. The molecule has 1 rings (SSSR count). The summed E-state index contributed by atoms with van der Waals surface area (Å²) in [6.07, 6.45) is 11.2. The molecule has 1 aromatic heterocycles. The predicted octanol–water partition coefficient (Wildman–Crippen LogP) is 3.24. The molecule has 14 heavy (non-hydrogen) atoms. The number of hydrogen-bond donors (Lipinski definition) is 0. The molecule has 0 amide bonds. The van der Waals surface area contributed by atoms with E-state index in [0.29, 0.717) is 0 Å². The molecular weight excluding hydrogens is 172 g/mol. The van der Waals surface area contributed by atoms with Gasteiger partial charge in [0.25, 0.3) is 0 Å². The molecule has 0 aromatic carbocycles. The molecule has 0 atom stereocenters. The van der Waals surface area contributed by atoms with E-state index < -0.39 is 0 Å². The Morgan fingerprint density at radius 2 is 2.14 bits per heavy atom. The van der Waals surface area contributed by atoms with Crippen molar-refractivity contribution >= 4 is 12.2 Å². The Balaban J connectivity index is 3.14. The average molecular weight is 188 g/mol. The van der Waals surface area contributed by atoms with E-state index >= 15 is 0 Å². The van der Waals surface area contributed by atoms with Gasteiger partial charge < -0.3 is 0 Å². The maximum absolute atomic E-state index is 4.03. The lowest BCUT2D eigenvalue weighted by Gasteiger charge is -2.02. The first-order valence-corrected chi connectivity index (χ1v) is 4.91. The Hall–Kier alpha value is -1.44. The molecule has 1 heterocycles. The summed E-state index contributed by atoms with van der Waals surface area (Å²) >= 11 is 0. The van der Waals surface area contributed by atoms with E-state index in [4.69, 9.17) is 0 Å². The van der Waals surface area contributed by atoms with Crippen molar-refractivity contribution in [3.63, 3.8) is 0 Å². The van der Waals surface area contributed by atoms with Gasteiger partial charge in [0.15, 0.2) is 0 Å². The lowest BCUT2D eigenvalue weighted by atomic mass is 10.1. The van der Waals surface area contributed by atoms with Crippen molar-refractivity contribution in [1.29, 1.82) is 0 Å². The van der Waals surface area contributed by atoms with Crippen LogP contribution in [0, 0.1) is 6.92 Å². The molecule has 0 saturated heterocycles. The normalized spacial score (nSPS) is 11.6. The highest BCUT2D eigenvalue weighted by molar-refractivity contribution is 5.65.